The number of hydrogen-bond donors (Lipinski definition) is 1. The maximum Gasteiger partial charge on any atom is 0.308 e. The Morgan fingerprint density at radius 2 is 2.07 bits per heavy atom. The van der Waals surface area contributed by atoms with Crippen molar-refractivity contribution >= 4 is 5.97 Å². The summed E-state index contributed by atoms with van der Waals surface area (Å²) in [6.45, 7) is 5.67. The van der Waals surface area contributed by atoms with E-state index in [1.165, 1.54) is 12.7 Å². The average Bonchev–Trinajstić information content (AvgIpc) is 2.02. The van der Waals surface area contributed by atoms with Crippen molar-refractivity contribution in [3.63, 3.8) is 0 Å². The van der Waals surface area contributed by atoms with Crippen LogP contribution in [-0.4, -0.2) is 23.8 Å². The monoisotopic (exact) mass is 200 g/mol. The number of esters is 1. The zero-order valence-corrected chi connectivity index (χ0v) is 9.46. The van der Waals surface area contributed by atoms with Crippen LogP contribution in [0.15, 0.2) is 11.6 Å². The van der Waals surface area contributed by atoms with Crippen LogP contribution in [-0.2, 0) is 9.53 Å². The number of aliphatic hydroxyl groups is 1. The van der Waals surface area contributed by atoms with Crippen molar-refractivity contribution in [2.24, 2.45) is 0 Å². The Kier molecular flexibility index (Phi) is 5.46. The highest BCUT2D eigenvalue weighted by Crippen LogP contribution is 2.18. The Labute approximate surface area is 85.8 Å². The van der Waals surface area contributed by atoms with Gasteiger partial charge in [0, 0.05) is 0 Å². The third-order valence-electron chi connectivity index (χ3n) is 1.99. The first-order valence-electron chi connectivity index (χ1n) is 4.80. The van der Waals surface area contributed by atoms with E-state index >= 15 is 0 Å². The number of rotatable bonds is 5. The molecule has 0 radical (unpaired) electrons. The molecule has 0 aliphatic heterocycles. The molecule has 0 aliphatic rings. The molecule has 0 heterocycles. The molecule has 0 spiro atoms. The lowest BCUT2D eigenvalue weighted by Crippen LogP contribution is -2.28. The van der Waals surface area contributed by atoms with E-state index in [1.807, 2.05) is 19.9 Å². The van der Waals surface area contributed by atoms with Crippen LogP contribution in [0.5, 0.6) is 0 Å². The predicted octanol–water partition coefficient (Wildman–Crippen LogP) is 2.05. The van der Waals surface area contributed by atoms with Gasteiger partial charge in [-0.25, -0.2) is 0 Å². The number of carbonyl (C=O) groups is 1. The molecule has 0 saturated carbocycles. The summed E-state index contributed by atoms with van der Waals surface area (Å²) >= 11 is 0. The van der Waals surface area contributed by atoms with Crippen molar-refractivity contribution in [1.82, 2.24) is 0 Å². The molecule has 14 heavy (non-hydrogen) atoms. The molecule has 0 aliphatic carbocycles. The summed E-state index contributed by atoms with van der Waals surface area (Å²) in [5.41, 5.74) is 0.262. The number of allylic oxidation sites excluding steroid dienone is 2. The van der Waals surface area contributed by atoms with E-state index in [-0.39, 0.29) is 12.4 Å². The fraction of sp³-hybridized carbons (Fsp3) is 0.727. The minimum Gasteiger partial charge on any atom is -0.469 e. The zero-order chi connectivity index (χ0) is 11.2. The van der Waals surface area contributed by atoms with E-state index in [9.17, 15) is 9.90 Å². The fourth-order valence-electron chi connectivity index (χ4n) is 1.14. The summed E-state index contributed by atoms with van der Waals surface area (Å²) in [7, 11) is 1.33. The minimum absolute atomic E-state index is 0.0557. The minimum atomic E-state index is -0.959. The van der Waals surface area contributed by atoms with Gasteiger partial charge >= 0.3 is 5.97 Å². The largest absolute Gasteiger partial charge is 0.469 e. The van der Waals surface area contributed by atoms with E-state index in [0.29, 0.717) is 6.42 Å². The van der Waals surface area contributed by atoms with Crippen LogP contribution in [0.2, 0.25) is 0 Å². The second-order valence-corrected chi connectivity index (χ2v) is 4.07. The van der Waals surface area contributed by atoms with Gasteiger partial charge in [-0.3, -0.25) is 4.79 Å². The molecule has 0 aromatic heterocycles. The Hall–Kier alpha value is -0.830. The van der Waals surface area contributed by atoms with Crippen LogP contribution in [0.4, 0.5) is 0 Å². The third-order valence-corrected chi connectivity index (χ3v) is 1.99. The van der Waals surface area contributed by atoms with Gasteiger partial charge in [-0.2, -0.15) is 0 Å². The Morgan fingerprint density at radius 3 is 2.50 bits per heavy atom. The molecule has 0 aromatic rings. The second kappa shape index (κ2) is 5.81. The third kappa shape index (κ3) is 6.66. The van der Waals surface area contributed by atoms with Gasteiger partial charge in [-0.15, -0.1) is 0 Å². The van der Waals surface area contributed by atoms with Crippen molar-refractivity contribution in [2.45, 2.75) is 45.6 Å². The predicted molar refractivity (Wildman–Crippen MR) is 55.9 cm³/mol. The van der Waals surface area contributed by atoms with E-state index < -0.39 is 5.60 Å². The Bertz CT molecular complexity index is 213. The molecular weight excluding hydrogens is 180 g/mol. The summed E-state index contributed by atoms with van der Waals surface area (Å²) in [5.74, 6) is -0.368. The lowest BCUT2D eigenvalue weighted by molar-refractivity contribution is -0.145. The van der Waals surface area contributed by atoms with Crippen molar-refractivity contribution in [2.75, 3.05) is 7.11 Å². The molecule has 1 atom stereocenters. The first-order valence-corrected chi connectivity index (χ1v) is 4.80. The molecule has 82 valence electrons. The maximum absolute atomic E-state index is 10.9. The topological polar surface area (TPSA) is 46.5 Å². The van der Waals surface area contributed by atoms with Crippen LogP contribution in [0.1, 0.15) is 40.0 Å². The van der Waals surface area contributed by atoms with Gasteiger partial charge in [-0.1, -0.05) is 11.6 Å². The van der Waals surface area contributed by atoms with Gasteiger partial charge in [0.2, 0.25) is 0 Å². The quantitative estimate of drug-likeness (QED) is 0.545. The Balaban J connectivity index is 3.95. The lowest BCUT2D eigenvalue weighted by atomic mass is 9.96. The first-order chi connectivity index (χ1) is 6.37. The summed E-state index contributed by atoms with van der Waals surface area (Å²) in [6.07, 6.45) is 3.46. The van der Waals surface area contributed by atoms with Gasteiger partial charge < -0.3 is 9.84 Å². The highest BCUT2D eigenvalue weighted by Gasteiger charge is 2.23. The fourth-order valence-corrected chi connectivity index (χ4v) is 1.14. The normalized spacial score (nSPS) is 14.4. The van der Waals surface area contributed by atoms with Crippen LogP contribution < -0.4 is 0 Å². The smallest absolute Gasteiger partial charge is 0.308 e. The van der Waals surface area contributed by atoms with E-state index in [2.05, 4.69) is 4.74 Å². The molecule has 0 bridgehead atoms. The highest BCUT2D eigenvalue weighted by atomic mass is 16.5. The van der Waals surface area contributed by atoms with Crippen LogP contribution in [0, 0.1) is 0 Å². The molecule has 0 unspecified atom stereocenters. The van der Waals surface area contributed by atoms with Gasteiger partial charge in [0.25, 0.3) is 0 Å². The van der Waals surface area contributed by atoms with Crippen molar-refractivity contribution < 1.29 is 14.6 Å². The molecule has 0 fully saturated rings. The van der Waals surface area contributed by atoms with Gasteiger partial charge in [0.05, 0.1) is 19.1 Å². The zero-order valence-electron chi connectivity index (χ0n) is 9.46. The number of ether oxygens (including phenoxy) is 1. The molecule has 1 N–H and O–H groups in total. The molecule has 0 saturated heterocycles. The van der Waals surface area contributed by atoms with Crippen LogP contribution in [0.25, 0.3) is 0 Å². The van der Waals surface area contributed by atoms with Gasteiger partial charge in [0.1, 0.15) is 0 Å². The second-order valence-electron chi connectivity index (χ2n) is 4.07. The van der Waals surface area contributed by atoms with Crippen LogP contribution >= 0.6 is 0 Å². The number of methoxy groups -OCH3 is 1. The molecular formula is C11H20O3. The molecule has 3 nitrogen and oxygen atoms in total. The van der Waals surface area contributed by atoms with Gasteiger partial charge in [-0.05, 0) is 33.6 Å². The summed E-state index contributed by atoms with van der Waals surface area (Å²) < 4.78 is 4.50. The summed E-state index contributed by atoms with van der Waals surface area (Å²) in [4.78, 5) is 10.9. The van der Waals surface area contributed by atoms with E-state index in [4.69, 9.17) is 0 Å². The highest BCUT2D eigenvalue weighted by molar-refractivity contribution is 5.70. The van der Waals surface area contributed by atoms with Crippen LogP contribution in [0.3, 0.4) is 0 Å². The number of carbonyl (C=O) groups excluding carboxylic acids is 1. The standard InChI is InChI=1S/C11H20O3/c1-9(2)6-5-7-11(3,13)8-10(12)14-4/h6,13H,5,7-8H2,1-4H3/t11-/m0/s1. The first kappa shape index (κ1) is 13.2. The van der Waals surface area contributed by atoms with Crippen molar-refractivity contribution in [3.8, 4) is 0 Å². The lowest BCUT2D eigenvalue weighted by Gasteiger charge is -2.20. The molecule has 0 aromatic carbocycles. The molecule has 3 heteroatoms. The SMILES string of the molecule is COC(=O)C[C@@](C)(O)CCC=C(C)C. The van der Waals surface area contributed by atoms with Crippen molar-refractivity contribution in [3.05, 3.63) is 11.6 Å². The van der Waals surface area contributed by atoms with E-state index in [1.54, 1.807) is 6.92 Å². The average molecular weight is 200 g/mol. The molecule has 0 amide bonds. The number of hydrogen-bond acceptors (Lipinski definition) is 3. The Morgan fingerprint density at radius 1 is 1.50 bits per heavy atom. The summed E-state index contributed by atoms with van der Waals surface area (Å²) in [5, 5.41) is 9.80. The maximum atomic E-state index is 10.9. The molecule has 0 rings (SSSR count). The van der Waals surface area contributed by atoms with Gasteiger partial charge in [0.15, 0.2) is 0 Å². The summed E-state index contributed by atoms with van der Waals surface area (Å²) in [6, 6.07) is 0. The van der Waals surface area contributed by atoms with E-state index in [0.717, 1.165) is 6.42 Å². The van der Waals surface area contributed by atoms with Crippen molar-refractivity contribution in [1.29, 1.82) is 0 Å².